The Labute approximate surface area is 138 Å². The van der Waals surface area contributed by atoms with Crippen LogP contribution in [0.15, 0.2) is 42.5 Å². The zero-order valence-corrected chi connectivity index (χ0v) is 14.2. The van der Waals surface area contributed by atoms with E-state index in [0.717, 1.165) is 24.2 Å². The van der Waals surface area contributed by atoms with Crippen LogP contribution in [-0.2, 0) is 24.2 Å². The summed E-state index contributed by atoms with van der Waals surface area (Å²) in [6.07, 6.45) is 1.97. The normalized spacial score (nSPS) is 10.4. The third kappa shape index (κ3) is 5.13. The Hall–Kier alpha value is -2.29. The van der Waals surface area contributed by atoms with Crippen LogP contribution in [0.3, 0.4) is 0 Å². The van der Waals surface area contributed by atoms with E-state index in [1.54, 1.807) is 0 Å². The topological polar surface area (TPSA) is 38.3 Å². The Balaban J connectivity index is 1.89. The predicted octanol–water partition coefficient (Wildman–Crippen LogP) is 3.82. The molecule has 0 heterocycles. The van der Waals surface area contributed by atoms with E-state index in [0.29, 0.717) is 6.54 Å². The van der Waals surface area contributed by atoms with Gasteiger partial charge in [-0.2, -0.15) is 0 Å². The van der Waals surface area contributed by atoms with E-state index in [4.69, 9.17) is 4.74 Å². The molecule has 0 atom stereocenters. The Morgan fingerprint density at radius 3 is 2.57 bits per heavy atom. The molecule has 0 unspecified atom stereocenters. The molecular formula is C20H25NO2. The Bertz CT molecular complexity index is 664. The van der Waals surface area contributed by atoms with Gasteiger partial charge in [-0.3, -0.25) is 4.79 Å². The average molecular weight is 311 g/mol. The zero-order chi connectivity index (χ0) is 16.7. The smallest absolute Gasteiger partial charge is 0.258 e. The van der Waals surface area contributed by atoms with Gasteiger partial charge in [-0.1, -0.05) is 44.2 Å². The highest BCUT2D eigenvalue weighted by atomic mass is 16.5. The molecule has 0 bridgehead atoms. The molecule has 122 valence electrons. The molecule has 2 rings (SSSR count). The summed E-state index contributed by atoms with van der Waals surface area (Å²) in [5.74, 6) is 0.623. The van der Waals surface area contributed by atoms with Gasteiger partial charge in [-0.25, -0.2) is 0 Å². The van der Waals surface area contributed by atoms with Crippen LogP contribution in [0.1, 0.15) is 36.1 Å². The number of hydrogen-bond acceptors (Lipinski definition) is 2. The highest BCUT2D eigenvalue weighted by Gasteiger charge is 2.06. The fourth-order valence-corrected chi connectivity index (χ4v) is 2.51. The van der Waals surface area contributed by atoms with E-state index >= 15 is 0 Å². The van der Waals surface area contributed by atoms with Crippen molar-refractivity contribution in [2.45, 2.75) is 40.2 Å². The molecule has 0 aromatic heterocycles. The first-order valence-corrected chi connectivity index (χ1v) is 8.19. The molecule has 2 aromatic rings. The maximum atomic E-state index is 12.0. The summed E-state index contributed by atoms with van der Waals surface area (Å²) < 4.78 is 5.53. The number of aryl methyl sites for hydroxylation is 3. The number of carbonyl (C=O) groups excluding carboxylic acids is 1. The lowest BCUT2D eigenvalue weighted by atomic mass is 10.0. The number of hydrogen-bond donors (Lipinski definition) is 1. The van der Waals surface area contributed by atoms with E-state index in [-0.39, 0.29) is 12.5 Å². The van der Waals surface area contributed by atoms with Crippen LogP contribution in [0.2, 0.25) is 0 Å². The molecule has 0 aliphatic rings. The first kappa shape index (κ1) is 17.1. The van der Waals surface area contributed by atoms with Crippen molar-refractivity contribution in [2.24, 2.45) is 0 Å². The number of amides is 1. The number of ether oxygens (including phenoxy) is 1. The van der Waals surface area contributed by atoms with Crippen molar-refractivity contribution >= 4 is 5.91 Å². The van der Waals surface area contributed by atoms with Crippen molar-refractivity contribution in [3.05, 3.63) is 64.7 Å². The van der Waals surface area contributed by atoms with Crippen molar-refractivity contribution in [3.8, 4) is 5.75 Å². The van der Waals surface area contributed by atoms with Crippen molar-refractivity contribution in [1.82, 2.24) is 5.32 Å². The second kappa shape index (κ2) is 8.37. The van der Waals surface area contributed by atoms with Crippen LogP contribution >= 0.6 is 0 Å². The zero-order valence-electron chi connectivity index (χ0n) is 14.2. The van der Waals surface area contributed by atoms with Crippen LogP contribution in [-0.4, -0.2) is 12.5 Å². The standard InChI is InChI=1S/C20H25NO2/c1-4-16-9-10-17(5-2)18(12-16)13-21-20(22)14-23-19-8-6-7-15(3)11-19/h6-12H,4-5,13-14H2,1-3H3,(H,21,22). The van der Waals surface area contributed by atoms with Crippen molar-refractivity contribution in [2.75, 3.05) is 6.61 Å². The Morgan fingerprint density at radius 1 is 1.04 bits per heavy atom. The summed E-state index contributed by atoms with van der Waals surface area (Å²) in [6, 6.07) is 14.2. The molecule has 0 aliphatic heterocycles. The van der Waals surface area contributed by atoms with Crippen molar-refractivity contribution in [3.63, 3.8) is 0 Å². The van der Waals surface area contributed by atoms with Crippen molar-refractivity contribution in [1.29, 1.82) is 0 Å². The average Bonchev–Trinajstić information content (AvgIpc) is 2.57. The van der Waals surface area contributed by atoms with Crippen LogP contribution in [0, 0.1) is 6.92 Å². The van der Waals surface area contributed by atoms with Gasteiger partial charge in [-0.15, -0.1) is 0 Å². The summed E-state index contributed by atoms with van der Waals surface area (Å²) in [4.78, 5) is 12.0. The van der Waals surface area contributed by atoms with E-state index in [2.05, 4.69) is 37.4 Å². The maximum Gasteiger partial charge on any atom is 0.258 e. The summed E-state index contributed by atoms with van der Waals surface area (Å²) in [6.45, 7) is 6.86. The van der Waals surface area contributed by atoms with Gasteiger partial charge in [0.15, 0.2) is 6.61 Å². The number of carbonyl (C=O) groups is 1. The van der Waals surface area contributed by atoms with Crippen molar-refractivity contribution < 1.29 is 9.53 Å². The fourth-order valence-electron chi connectivity index (χ4n) is 2.51. The highest BCUT2D eigenvalue weighted by molar-refractivity contribution is 5.77. The fraction of sp³-hybridized carbons (Fsp3) is 0.350. The monoisotopic (exact) mass is 311 g/mol. The largest absolute Gasteiger partial charge is 0.484 e. The van der Waals surface area contributed by atoms with Gasteiger partial charge in [0.05, 0.1) is 0 Å². The molecule has 0 spiro atoms. The quantitative estimate of drug-likeness (QED) is 0.844. The molecule has 0 aliphatic carbocycles. The van der Waals surface area contributed by atoms with Gasteiger partial charge >= 0.3 is 0 Å². The van der Waals surface area contributed by atoms with Crippen LogP contribution in [0.25, 0.3) is 0 Å². The molecule has 1 amide bonds. The van der Waals surface area contributed by atoms with Crippen LogP contribution in [0.4, 0.5) is 0 Å². The third-order valence-electron chi connectivity index (χ3n) is 3.90. The summed E-state index contributed by atoms with van der Waals surface area (Å²) in [5.41, 5.74) is 4.88. The first-order valence-electron chi connectivity index (χ1n) is 8.19. The van der Waals surface area contributed by atoms with Gasteiger partial charge in [0, 0.05) is 6.54 Å². The minimum absolute atomic E-state index is 0.0401. The van der Waals surface area contributed by atoms with Gasteiger partial charge in [0.25, 0.3) is 5.91 Å². The minimum Gasteiger partial charge on any atom is -0.484 e. The minimum atomic E-state index is -0.101. The molecular weight excluding hydrogens is 286 g/mol. The van der Waals surface area contributed by atoms with E-state index in [9.17, 15) is 4.79 Å². The van der Waals surface area contributed by atoms with E-state index < -0.39 is 0 Å². The molecule has 0 radical (unpaired) electrons. The van der Waals surface area contributed by atoms with Gasteiger partial charge in [0.2, 0.25) is 0 Å². The molecule has 23 heavy (non-hydrogen) atoms. The molecule has 3 heteroatoms. The van der Waals surface area contributed by atoms with Gasteiger partial charge in [-0.05, 0) is 54.2 Å². The summed E-state index contributed by atoms with van der Waals surface area (Å²) in [5, 5.41) is 2.95. The van der Waals surface area contributed by atoms with Gasteiger partial charge < -0.3 is 10.1 Å². The lowest BCUT2D eigenvalue weighted by molar-refractivity contribution is -0.123. The van der Waals surface area contributed by atoms with E-state index in [1.807, 2.05) is 31.2 Å². The summed E-state index contributed by atoms with van der Waals surface area (Å²) in [7, 11) is 0. The number of rotatable bonds is 7. The predicted molar refractivity (Wildman–Crippen MR) is 93.7 cm³/mol. The highest BCUT2D eigenvalue weighted by Crippen LogP contribution is 2.14. The lowest BCUT2D eigenvalue weighted by Gasteiger charge is -2.12. The molecule has 3 nitrogen and oxygen atoms in total. The Morgan fingerprint density at radius 2 is 1.87 bits per heavy atom. The van der Waals surface area contributed by atoms with Gasteiger partial charge in [0.1, 0.15) is 5.75 Å². The Kier molecular flexibility index (Phi) is 6.21. The number of nitrogens with one attached hydrogen (secondary N) is 1. The molecule has 2 aromatic carbocycles. The SMILES string of the molecule is CCc1ccc(CC)c(CNC(=O)COc2cccc(C)c2)c1. The molecule has 0 saturated heterocycles. The lowest BCUT2D eigenvalue weighted by Crippen LogP contribution is -2.28. The second-order valence-electron chi connectivity index (χ2n) is 5.69. The summed E-state index contributed by atoms with van der Waals surface area (Å²) >= 11 is 0. The first-order chi connectivity index (χ1) is 11.1. The second-order valence-corrected chi connectivity index (χ2v) is 5.69. The molecule has 0 saturated carbocycles. The van der Waals surface area contributed by atoms with E-state index in [1.165, 1.54) is 16.7 Å². The molecule has 1 N–H and O–H groups in total. The molecule has 0 fully saturated rings. The third-order valence-corrected chi connectivity index (χ3v) is 3.90. The van der Waals surface area contributed by atoms with Crippen LogP contribution < -0.4 is 10.1 Å². The number of benzene rings is 2. The maximum absolute atomic E-state index is 12.0. The van der Waals surface area contributed by atoms with Crippen LogP contribution in [0.5, 0.6) is 5.75 Å².